The lowest BCUT2D eigenvalue weighted by Crippen LogP contribution is -2.06. The van der Waals surface area contributed by atoms with E-state index in [4.69, 9.17) is 22.1 Å². The van der Waals surface area contributed by atoms with E-state index < -0.39 is 0 Å². The Morgan fingerprint density at radius 2 is 1.79 bits per heavy atom. The van der Waals surface area contributed by atoms with Gasteiger partial charge in [0.2, 0.25) is 5.95 Å². The lowest BCUT2D eigenvalue weighted by atomic mass is 9.94. The molecular weight excluding hydrogens is 411 g/mol. The van der Waals surface area contributed by atoms with Gasteiger partial charge in [0.25, 0.3) is 0 Å². The lowest BCUT2D eigenvalue weighted by molar-refractivity contribution is 0.103. The Labute approximate surface area is 175 Å². The number of hydrogen-bond acceptors (Lipinski definition) is 6. The highest BCUT2D eigenvalue weighted by Crippen LogP contribution is 2.40. The number of aromatic nitrogens is 3. The molecule has 0 radical (unpaired) electrons. The SMILES string of the molecule is Nc1nc(Sc2ccc(F)cc2)nc(-c2c(Cl)cc3c4c(cccc24)COC3)n1. The molecule has 1 aliphatic heterocycles. The van der Waals surface area contributed by atoms with Crippen LogP contribution in [0.25, 0.3) is 22.2 Å². The molecule has 3 aromatic carbocycles. The predicted octanol–water partition coefficient (Wildman–Crippen LogP) is 5.25. The highest BCUT2D eigenvalue weighted by Gasteiger charge is 2.21. The summed E-state index contributed by atoms with van der Waals surface area (Å²) < 4.78 is 18.8. The first-order chi connectivity index (χ1) is 14.1. The number of rotatable bonds is 3. The third-order valence-corrected chi connectivity index (χ3v) is 5.85. The van der Waals surface area contributed by atoms with Crippen LogP contribution in [0.5, 0.6) is 0 Å². The van der Waals surface area contributed by atoms with Crippen molar-refractivity contribution in [2.75, 3.05) is 5.73 Å². The van der Waals surface area contributed by atoms with Crippen LogP contribution < -0.4 is 5.73 Å². The molecule has 29 heavy (non-hydrogen) atoms. The molecule has 1 aliphatic rings. The number of nitrogen functional groups attached to an aromatic ring is 1. The number of ether oxygens (including phenoxy) is 1. The van der Waals surface area contributed by atoms with Gasteiger partial charge in [0.15, 0.2) is 11.0 Å². The summed E-state index contributed by atoms with van der Waals surface area (Å²) in [5, 5.41) is 3.01. The van der Waals surface area contributed by atoms with E-state index in [0.29, 0.717) is 34.8 Å². The maximum Gasteiger partial charge on any atom is 0.224 e. The van der Waals surface area contributed by atoms with Gasteiger partial charge in [-0.15, -0.1) is 0 Å². The maximum atomic E-state index is 13.2. The van der Waals surface area contributed by atoms with Gasteiger partial charge in [-0.2, -0.15) is 9.97 Å². The minimum Gasteiger partial charge on any atom is -0.372 e. The molecule has 0 bridgehead atoms. The summed E-state index contributed by atoms with van der Waals surface area (Å²) in [6.07, 6.45) is 0. The zero-order valence-corrected chi connectivity index (χ0v) is 16.6. The Morgan fingerprint density at radius 1 is 1.00 bits per heavy atom. The standard InChI is InChI=1S/C21H14ClFN4OS/c22-16-8-12-10-28-9-11-2-1-3-15(17(11)12)18(16)19-25-20(24)27-21(26-19)29-14-6-4-13(23)5-7-14/h1-8H,9-10H2,(H2,24,25,26,27). The van der Waals surface area contributed by atoms with E-state index in [9.17, 15) is 4.39 Å². The Kier molecular flexibility index (Phi) is 4.58. The van der Waals surface area contributed by atoms with Crippen molar-refractivity contribution >= 4 is 40.1 Å². The van der Waals surface area contributed by atoms with Gasteiger partial charge in [-0.25, -0.2) is 9.37 Å². The summed E-state index contributed by atoms with van der Waals surface area (Å²) in [4.78, 5) is 13.9. The molecule has 144 valence electrons. The Hall–Kier alpha value is -2.74. The average Bonchev–Trinajstić information content (AvgIpc) is 2.70. The molecule has 0 unspecified atom stereocenters. The van der Waals surface area contributed by atoms with Crippen molar-refractivity contribution in [2.45, 2.75) is 23.3 Å². The molecule has 0 fully saturated rings. The van der Waals surface area contributed by atoms with Crippen molar-refractivity contribution in [3.8, 4) is 11.4 Å². The third-order valence-electron chi connectivity index (χ3n) is 4.67. The van der Waals surface area contributed by atoms with Crippen LogP contribution in [0.3, 0.4) is 0 Å². The third kappa shape index (κ3) is 3.42. The fourth-order valence-corrected chi connectivity index (χ4v) is 4.56. The molecular formula is C21H14ClFN4OS. The van der Waals surface area contributed by atoms with E-state index >= 15 is 0 Å². The monoisotopic (exact) mass is 424 g/mol. The summed E-state index contributed by atoms with van der Waals surface area (Å²) in [5.41, 5.74) is 8.82. The van der Waals surface area contributed by atoms with Crippen LogP contribution >= 0.6 is 23.4 Å². The quantitative estimate of drug-likeness (QED) is 0.484. The van der Waals surface area contributed by atoms with Crippen LogP contribution in [0.4, 0.5) is 10.3 Å². The largest absolute Gasteiger partial charge is 0.372 e. The molecule has 5 rings (SSSR count). The topological polar surface area (TPSA) is 73.9 Å². The number of nitrogens with zero attached hydrogens (tertiary/aromatic N) is 3. The average molecular weight is 425 g/mol. The number of hydrogen-bond donors (Lipinski definition) is 1. The van der Waals surface area contributed by atoms with Gasteiger partial charge in [-0.05, 0) is 64.0 Å². The summed E-state index contributed by atoms with van der Waals surface area (Å²) in [6.45, 7) is 1.06. The first kappa shape index (κ1) is 18.3. The van der Waals surface area contributed by atoms with Gasteiger partial charge >= 0.3 is 0 Å². The summed E-state index contributed by atoms with van der Waals surface area (Å²) in [7, 11) is 0. The maximum absolute atomic E-state index is 13.2. The van der Waals surface area contributed by atoms with Crippen molar-refractivity contribution in [2.24, 2.45) is 0 Å². The molecule has 0 saturated heterocycles. The Balaban J connectivity index is 1.66. The first-order valence-corrected chi connectivity index (χ1v) is 10.0. The second kappa shape index (κ2) is 7.26. The van der Waals surface area contributed by atoms with Crippen LogP contribution in [0.2, 0.25) is 5.02 Å². The van der Waals surface area contributed by atoms with E-state index in [1.54, 1.807) is 12.1 Å². The Bertz CT molecular complexity index is 1250. The summed E-state index contributed by atoms with van der Waals surface area (Å²) in [6, 6.07) is 14.0. The molecule has 4 aromatic rings. The molecule has 0 atom stereocenters. The van der Waals surface area contributed by atoms with Crippen LogP contribution in [-0.2, 0) is 18.0 Å². The van der Waals surface area contributed by atoms with Crippen LogP contribution in [0.1, 0.15) is 11.1 Å². The first-order valence-electron chi connectivity index (χ1n) is 8.84. The van der Waals surface area contributed by atoms with Crippen molar-refractivity contribution < 1.29 is 9.13 Å². The molecule has 5 nitrogen and oxygen atoms in total. The minimum absolute atomic E-state index is 0.0967. The normalized spacial score (nSPS) is 13.0. The highest BCUT2D eigenvalue weighted by molar-refractivity contribution is 7.99. The van der Waals surface area contributed by atoms with Crippen molar-refractivity contribution in [1.82, 2.24) is 15.0 Å². The molecule has 0 spiro atoms. The fraction of sp³-hybridized carbons (Fsp3) is 0.0952. The molecule has 0 saturated carbocycles. The van der Waals surface area contributed by atoms with E-state index in [1.165, 1.54) is 23.9 Å². The van der Waals surface area contributed by atoms with E-state index in [0.717, 1.165) is 26.8 Å². The molecule has 2 N–H and O–H groups in total. The van der Waals surface area contributed by atoms with Crippen molar-refractivity contribution in [3.05, 3.63) is 70.5 Å². The molecule has 0 aliphatic carbocycles. The number of nitrogens with two attached hydrogens (primary N) is 1. The zero-order chi connectivity index (χ0) is 20.0. The molecule has 8 heteroatoms. The zero-order valence-electron chi connectivity index (χ0n) is 15.0. The van der Waals surface area contributed by atoms with Crippen LogP contribution in [0, 0.1) is 5.82 Å². The van der Waals surface area contributed by atoms with Gasteiger partial charge in [0.05, 0.1) is 18.2 Å². The minimum atomic E-state index is -0.301. The second-order valence-electron chi connectivity index (χ2n) is 6.58. The van der Waals surface area contributed by atoms with Gasteiger partial charge in [0.1, 0.15) is 5.82 Å². The number of halogens is 2. The van der Waals surface area contributed by atoms with Gasteiger partial charge in [-0.3, -0.25) is 0 Å². The molecule has 1 aromatic heterocycles. The van der Waals surface area contributed by atoms with Gasteiger partial charge in [-0.1, -0.05) is 29.8 Å². The van der Waals surface area contributed by atoms with Crippen molar-refractivity contribution in [3.63, 3.8) is 0 Å². The fourth-order valence-electron chi connectivity index (χ4n) is 3.48. The smallest absolute Gasteiger partial charge is 0.224 e. The highest BCUT2D eigenvalue weighted by atomic mass is 35.5. The van der Waals surface area contributed by atoms with E-state index in [2.05, 4.69) is 15.0 Å². The predicted molar refractivity (Wildman–Crippen MR) is 111 cm³/mol. The number of anilines is 1. The second-order valence-corrected chi connectivity index (χ2v) is 8.03. The lowest BCUT2D eigenvalue weighted by Gasteiger charge is -2.20. The van der Waals surface area contributed by atoms with Crippen molar-refractivity contribution in [1.29, 1.82) is 0 Å². The van der Waals surface area contributed by atoms with Crippen LogP contribution in [-0.4, -0.2) is 15.0 Å². The molecule has 2 heterocycles. The van der Waals surface area contributed by atoms with E-state index in [-0.39, 0.29) is 11.8 Å². The Morgan fingerprint density at radius 3 is 2.62 bits per heavy atom. The van der Waals surface area contributed by atoms with Gasteiger partial charge < -0.3 is 10.5 Å². The van der Waals surface area contributed by atoms with Gasteiger partial charge in [0, 0.05) is 10.5 Å². The van der Waals surface area contributed by atoms with Crippen LogP contribution in [0.15, 0.2) is 58.6 Å². The number of benzene rings is 3. The van der Waals surface area contributed by atoms with E-state index in [1.807, 2.05) is 24.3 Å². The summed E-state index contributed by atoms with van der Waals surface area (Å²) in [5.74, 6) is 0.201. The molecule has 0 amide bonds. The summed E-state index contributed by atoms with van der Waals surface area (Å²) >= 11 is 7.92.